The van der Waals surface area contributed by atoms with E-state index in [4.69, 9.17) is 27.9 Å². The summed E-state index contributed by atoms with van der Waals surface area (Å²) in [5.41, 5.74) is -0.247. The molecule has 1 aromatic heterocycles. The van der Waals surface area contributed by atoms with Gasteiger partial charge in [0.2, 0.25) is 0 Å². The Morgan fingerprint density at radius 2 is 1.79 bits per heavy atom. The fourth-order valence-corrected chi connectivity index (χ4v) is 2.86. The highest BCUT2D eigenvalue weighted by atomic mass is 35.5. The number of nitrogens with one attached hydrogen (secondary N) is 1. The Labute approximate surface area is 174 Å². The largest absolute Gasteiger partial charge is 0.433 e. The van der Waals surface area contributed by atoms with Gasteiger partial charge in [0, 0.05) is 10.7 Å². The van der Waals surface area contributed by atoms with Gasteiger partial charge >= 0.3 is 12.1 Å². The summed E-state index contributed by atoms with van der Waals surface area (Å²) in [6.45, 7) is 1.71. The van der Waals surface area contributed by atoms with E-state index >= 15 is 0 Å². The van der Waals surface area contributed by atoms with Gasteiger partial charge in [-0.3, -0.25) is 0 Å². The maximum absolute atomic E-state index is 13.1. The van der Waals surface area contributed by atoms with Gasteiger partial charge in [-0.2, -0.15) is 13.2 Å². The van der Waals surface area contributed by atoms with Gasteiger partial charge in [-0.15, -0.1) is 0 Å². The summed E-state index contributed by atoms with van der Waals surface area (Å²) >= 11 is 11.9. The number of hydrogen-bond donors (Lipinski definition) is 1. The number of benzene rings is 2. The first-order valence-electron chi connectivity index (χ1n) is 8.23. The molecule has 1 N–H and O–H groups in total. The van der Waals surface area contributed by atoms with Crippen LogP contribution in [0.25, 0.3) is 0 Å². The standard InChI is InChI=1S/C20H13Cl2F3N2O2/c1-11-10-12(21)6-8-15(11)26-18-13(7-9-17(27-18)20(23,24)25)19(28)29-16-5-3-2-4-14(16)22/h2-10H,1H3,(H,26,27). The summed E-state index contributed by atoms with van der Waals surface area (Å²) in [6.07, 6.45) is -4.68. The predicted molar refractivity (Wildman–Crippen MR) is 105 cm³/mol. The van der Waals surface area contributed by atoms with Crippen LogP contribution in [0.2, 0.25) is 10.0 Å². The van der Waals surface area contributed by atoms with E-state index in [1.165, 1.54) is 12.1 Å². The minimum absolute atomic E-state index is 0.0766. The van der Waals surface area contributed by atoms with E-state index in [0.29, 0.717) is 22.3 Å². The van der Waals surface area contributed by atoms with Gasteiger partial charge in [0.25, 0.3) is 0 Å². The predicted octanol–water partition coefficient (Wildman–Crippen LogP) is 6.68. The molecule has 2 aromatic carbocycles. The Balaban J connectivity index is 2.01. The van der Waals surface area contributed by atoms with Crippen LogP contribution in [0.1, 0.15) is 21.6 Å². The lowest BCUT2D eigenvalue weighted by molar-refractivity contribution is -0.141. The maximum Gasteiger partial charge on any atom is 0.433 e. The summed E-state index contributed by atoms with van der Waals surface area (Å²) < 4.78 is 44.6. The highest BCUT2D eigenvalue weighted by Crippen LogP contribution is 2.32. The summed E-state index contributed by atoms with van der Waals surface area (Å²) in [4.78, 5) is 16.2. The molecule has 0 saturated carbocycles. The number of alkyl halides is 3. The molecule has 0 aliphatic carbocycles. The lowest BCUT2D eigenvalue weighted by Crippen LogP contribution is -2.16. The van der Waals surface area contributed by atoms with Gasteiger partial charge in [-0.25, -0.2) is 9.78 Å². The zero-order chi connectivity index (χ0) is 21.2. The monoisotopic (exact) mass is 440 g/mol. The average molecular weight is 441 g/mol. The average Bonchev–Trinajstić information content (AvgIpc) is 2.65. The van der Waals surface area contributed by atoms with Crippen molar-refractivity contribution in [1.29, 1.82) is 0 Å². The van der Waals surface area contributed by atoms with Gasteiger partial charge in [0.15, 0.2) is 0 Å². The van der Waals surface area contributed by atoms with Crippen LogP contribution >= 0.6 is 23.2 Å². The molecular formula is C20H13Cl2F3N2O2. The van der Waals surface area contributed by atoms with Crippen molar-refractivity contribution in [2.75, 3.05) is 5.32 Å². The Morgan fingerprint density at radius 1 is 1.07 bits per heavy atom. The van der Waals surface area contributed by atoms with Crippen molar-refractivity contribution >= 4 is 40.7 Å². The van der Waals surface area contributed by atoms with Gasteiger partial charge in [0.05, 0.1) is 5.02 Å². The van der Waals surface area contributed by atoms with Crippen LogP contribution in [0, 0.1) is 6.92 Å². The third-order valence-electron chi connectivity index (χ3n) is 3.89. The van der Waals surface area contributed by atoms with Crippen molar-refractivity contribution in [3.8, 4) is 5.75 Å². The van der Waals surface area contributed by atoms with Crippen molar-refractivity contribution in [2.45, 2.75) is 13.1 Å². The fraction of sp³-hybridized carbons (Fsp3) is 0.100. The minimum Gasteiger partial charge on any atom is -0.421 e. The molecule has 0 saturated heterocycles. The molecule has 0 spiro atoms. The van der Waals surface area contributed by atoms with Crippen LogP contribution in [0.3, 0.4) is 0 Å². The van der Waals surface area contributed by atoms with Crippen molar-refractivity contribution in [2.24, 2.45) is 0 Å². The normalized spacial score (nSPS) is 11.2. The molecule has 4 nitrogen and oxygen atoms in total. The number of carbonyl (C=O) groups excluding carboxylic acids is 1. The van der Waals surface area contributed by atoms with E-state index in [2.05, 4.69) is 10.3 Å². The number of esters is 1. The van der Waals surface area contributed by atoms with E-state index in [1.54, 1.807) is 37.3 Å². The fourth-order valence-electron chi connectivity index (χ4n) is 2.45. The van der Waals surface area contributed by atoms with Crippen molar-refractivity contribution in [3.63, 3.8) is 0 Å². The van der Waals surface area contributed by atoms with Crippen LogP contribution in [0.4, 0.5) is 24.7 Å². The lowest BCUT2D eigenvalue weighted by atomic mass is 10.1. The van der Waals surface area contributed by atoms with E-state index < -0.39 is 17.8 Å². The Bertz CT molecular complexity index is 1070. The van der Waals surface area contributed by atoms with E-state index in [0.717, 1.165) is 6.07 Å². The number of carbonyl (C=O) groups is 1. The second-order valence-corrected chi connectivity index (χ2v) is 6.84. The Hall–Kier alpha value is -2.77. The lowest BCUT2D eigenvalue weighted by Gasteiger charge is -2.15. The second-order valence-electron chi connectivity index (χ2n) is 5.99. The third-order valence-corrected chi connectivity index (χ3v) is 4.43. The molecule has 1 heterocycles. The zero-order valence-electron chi connectivity index (χ0n) is 14.8. The van der Waals surface area contributed by atoms with Gasteiger partial charge in [-0.1, -0.05) is 35.3 Å². The molecule has 0 atom stereocenters. The molecule has 9 heteroatoms. The topological polar surface area (TPSA) is 51.2 Å². The highest BCUT2D eigenvalue weighted by molar-refractivity contribution is 6.32. The SMILES string of the molecule is Cc1cc(Cl)ccc1Nc1nc(C(F)(F)F)ccc1C(=O)Oc1ccccc1Cl. The van der Waals surface area contributed by atoms with Gasteiger partial charge in [0.1, 0.15) is 22.8 Å². The second kappa shape index (κ2) is 8.31. The van der Waals surface area contributed by atoms with Crippen molar-refractivity contribution < 1.29 is 22.7 Å². The summed E-state index contributed by atoms with van der Waals surface area (Å²) in [5, 5.41) is 3.40. The molecule has 0 unspecified atom stereocenters. The number of anilines is 2. The van der Waals surface area contributed by atoms with Gasteiger partial charge < -0.3 is 10.1 Å². The molecule has 0 fully saturated rings. The van der Waals surface area contributed by atoms with Crippen LogP contribution in [-0.4, -0.2) is 11.0 Å². The van der Waals surface area contributed by atoms with Gasteiger partial charge in [-0.05, 0) is 55.0 Å². The smallest absolute Gasteiger partial charge is 0.421 e. The van der Waals surface area contributed by atoms with Crippen LogP contribution in [-0.2, 0) is 6.18 Å². The van der Waals surface area contributed by atoms with Crippen LogP contribution < -0.4 is 10.1 Å². The Kier molecular flexibility index (Phi) is 6.00. The number of aromatic nitrogens is 1. The number of ether oxygens (including phenoxy) is 1. The summed E-state index contributed by atoms with van der Waals surface area (Å²) in [6, 6.07) is 12.7. The number of para-hydroxylation sites is 1. The first-order valence-corrected chi connectivity index (χ1v) is 8.99. The molecule has 29 heavy (non-hydrogen) atoms. The highest BCUT2D eigenvalue weighted by Gasteiger charge is 2.34. The van der Waals surface area contributed by atoms with E-state index in [1.807, 2.05) is 0 Å². The number of halogens is 5. The van der Waals surface area contributed by atoms with Crippen molar-refractivity contribution in [1.82, 2.24) is 4.98 Å². The van der Waals surface area contributed by atoms with Crippen LogP contribution in [0.5, 0.6) is 5.75 Å². The Morgan fingerprint density at radius 3 is 2.45 bits per heavy atom. The summed E-state index contributed by atoms with van der Waals surface area (Å²) in [5.74, 6) is -1.14. The minimum atomic E-state index is -4.68. The molecule has 0 aliphatic heterocycles. The number of pyridine rings is 1. The van der Waals surface area contributed by atoms with Crippen molar-refractivity contribution in [3.05, 3.63) is 81.5 Å². The first-order chi connectivity index (χ1) is 13.6. The zero-order valence-corrected chi connectivity index (χ0v) is 16.4. The molecule has 0 bridgehead atoms. The quantitative estimate of drug-likeness (QED) is 0.363. The summed E-state index contributed by atoms with van der Waals surface area (Å²) in [7, 11) is 0. The third kappa shape index (κ3) is 4.99. The molecule has 0 aliphatic rings. The maximum atomic E-state index is 13.1. The molecular weight excluding hydrogens is 428 g/mol. The van der Waals surface area contributed by atoms with Crippen LogP contribution in [0.15, 0.2) is 54.6 Å². The first kappa shape index (κ1) is 21.0. The molecule has 0 amide bonds. The molecule has 3 aromatic rings. The number of aryl methyl sites for hydroxylation is 1. The number of rotatable bonds is 4. The number of hydrogen-bond acceptors (Lipinski definition) is 4. The molecule has 3 rings (SSSR count). The number of nitrogens with zero attached hydrogens (tertiary/aromatic N) is 1. The molecule has 150 valence electrons. The van der Waals surface area contributed by atoms with E-state index in [-0.39, 0.29) is 22.2 Å². The van der Waals surface area contributed by atoms with E-state index in [9.17, 15) is 18.0 Å². The molecule has 0 radical (unpaired) electrons.